The van der Waals surface area contributed by atoms with Gasteiger partial charge in [0.25, 0.3) is 0 Å². The summed E-state index contributed by atoms with van der Waals surface area (Å²) in [6.45, 7) is 0. The third-order valence-electron chi connectivity index (χ3n) is 4.18. The van der Waals surface area contributed by atoms with Gasteiger partial charge in [-0.15, -0.1) is 0 Å². The van der Waals surface area contributed by atoms with Gasteiger partial charge in [-0.25, -0.2) is 23.5 Å². The summed E-state index contributed by atoms with van der Waals surface area (Å²) in [7, 11) is 1.14. The molecule has 4 rings (SSSR count). The second-order valence-electron chi connectivity index (χ2n) is 6.11. The van der Waals surface area contributed by atoms with Crippen LogP contribution in [0.3, 0.4) is 0 Å². The molecule has 3 aromatic rings. The number of nitrogens with one attached hydrogen (secondary N) is 1. The van der Waals surface area contributed by atoms with Gasteiger partial charge in [0.15, 0.2) is 5.82 Å². The number of ether oxygens (including phenoxy) is 1. The maximum atomic E-state index is 14.7. The molecule has 1 saturated carbocycles. The van der Waals surface area contributed by atoms with Crippen molar-refractivity contribution in [2.75, 3.05) is 12.4 Å². The number of methoxy groups -OCH3 is 1. The fraction of sp³-hybridized carbons (Fsp3) is 0.222. The Morgan fingerprint density at radius 3 is 2.85 bits per heavy atom. The number of carbonyl (C=O) groups is 1. The highest BCUT2D eigenvalue weighted by Crippen LogP contribution is 2.35. The Hall–Kier alpha value is -3.36. The summed E-state index contributed by atoms with van der Waals surface area (Å²) >= 11 is 0. The van der Waals surface area contributed by atoms with E-state index in [4.69, 9.17) is 0 Å². The normalized spacial score (nSPS) is 13.4. The standard InChI is InChI=1S/C18H15F2N5O2/c1-27-17(26)13-4-2-3-12(15(13)20)16-14(19)8-21-18(24-16)23-10-7-22-25(9-10)11-5-6-11/h2-4,7-9,11H,5-6H2,1H3,(H,21,23,24). The number of anilines is 2. The third-order valence-corrected chi connectivity index (χ3v) is 4.18. The lowest BCUT2D eigenvalue weighted by Crippen LogP contribution is -2.07. The van der Waals surface area contributed by atoms with Gasteiger partial charge in [-0.1, -0.05) is 6.07 Å². The SMILES string of the molecule is COC(=O)c1cccc(-c2nc(Nc3cnn(C4CC4)c3)ncc2F)c1F. The van der Waals surface area contributed by atoms with Crippen LogP contribution in [0.5, 0.6) is 0 Å². The van der Waals surface area contributed by atoms with E-state index >= 15 is 0 Å². The van der Waals surface area contributed by atoms with Crippen molar-refractivity contribution in [1.82, 2.24) is 19.7 Å². The van der Waals surface area contributed by atoms with Crippen LogP contribution in [-0.2, 0) is 4.74 Å². The van der Waals surface area contributed by atoms with E-state index < -0.39 is 17.6 Å². The van der Waals surface area contributed by atoms with Crippen LogP contribution in [0.25, 0.3) is 11.3 Å². The van der Waals surface area contributed by atoms with Crippen molar-refractivity contribution in [3.8, 4) is 11.3 Å². The Bertz CT molecular complexity index is 1020. The molecule has 0 unspecified atom stereocenters. The molecule has 0 spiro atoms. The van der Waals surface area contributed by atoms with Crippen molar-refractivity contribution in [1.29, 1.82) is 0 Å². The van der Waals surface area contributed by atoms with Crippen molar-refractivity contribution in [2.45, 2.75) is 18.9 Å². The van der Waals surface area contributed by atoms with Gasteiger partial charge in [0, 0.05) is 11.8 Å². The Morgan fingerprint density at radius 2 is 2.11 bits per heavy atom. The zero-order valence-corrected chi connectivity index (χ0v) is 14.3. The second-order valence-corrected chi connectivity index (χ2v) is 6.11. The summed E-state index contributed by atoms with van der Waals surface area (Å²) in [5.41, 5.74) is -0.0728. The van der Waals surface area contributed by atoms with Crippen LogP contribution >= 0.6 is 0 Å². The monoisotopic (exact) mass is 371 g/mol. The summed E-state index contributed by atoms with van der Waals surface area (Å²) in [4.78, 5) is 19.6. The number of benzene rings is 1. The first kappa shape index (κ1) is 17.1. The average Bonchev–Trinajstić information content (AvgIpc) is 3.42. The molecule has 2 aromatic heterocycles. The molecule has 1 aromatic carbocycles. The van der Waals surface area contributed by atoms with Crippen LogP contribution in [0.15, 0.2) is 36.8 Å². The number of rotatable bonds is 5. The van der Waals surface area contributed by atoms with E-state index in [0.29, 0.717) is 11.7 Å². The first-order chi connectivity index (χ1) is 13.1. The number of esters is 1. The second kappa shape index (κ2) is 6.75. The van der Waals surface area contributed by atoms with E-state index in [0.717, 1.165) is 26.1 Å². The Labute approximate surface area is 153 Å². The molecule has 0 radical (unpaired) electrons. The molecule has 0 saturated heterocycles. The summed E-state index contributed by atoms with van der Waals surface area (Å²) < 4.78 is 35.3. The maximum absolute atomic E-state index is 14.7. The minimum absolute atomic E-state index is 0.0876. The van der Waals surface area contributed by atoms with E-state index in [2.05, 4.69) is 25.1 Å². The zero-order valence-electron chi connectivity index (χ0n) is 14.3. The number of hydrogen-bond donors (Lipinski definition) is 1. The lowest BCUT2D eigenvalue weighted by atomic mass is 10.1. The van der Waals surface area contributed by atoms with Crippen LogP contribution in [-0.4, -0.2) is 32.8 Å². The van der Waals surface area contributed by atoms with Crippen LogP contribution in [0.1, 0.15) is 29.2 Å². The predicted molar refractivity (Wildman–Crippen MR) is 92.5 cm³/mol. The molecule has 0 atom stereocenters. The maximum Gasteiger partial charge on any atom is 0.340 e. The molecule has 1 N–H and O–H groups in total. The molecule has 7 nitrogen and oxygen atoms in total. The molecular formula is C18H15F2N5O2. The number of carbonyl (C=O) groups excluding carboxylic acids is 1. The van der Waals surface area contributed by atoms with Gasteiger partial charge in [0.1, 0.15) is 11.5 Å². The van der Waals surface area contributed by atoms with Gasteiger partial charge < -0.3 is 10.1 Å². The fourth-order valence-corrected chi connectivity index (χ4v) is 2.67. The molecule has 1 aliphatic rings. The molecule has 0 amide bonds. The van der Waals surface area contributed by atoms with Crippen LogP contribution in [0, 0.1) is 11.6 Å². The number of nitrogens with zero attached hydrogens (tertiary/aromatic N) is 4. The first-order valence-electron chi connectivity index (χ1n) is 8.27. The predicted octanol–water partition coefficient (Wildman–Crippen LogP) is 3.48. The summed E-state index contributed by atoms with van der Waals surface area (Å²) in [6.07, 6.45) is 6.55. The highest BCUT2D eigenvalue weighted by molar-refractivity contribution is 5.91. The minimum atomic E-state index is -0.908. The van der Waals surface area contributed by atoms with Crippen molar-refractivity contribution < 1.29 is 18.3 Å². The molecule has 0 bridgehead atoms. The van der Waals surface area contributed by atoms with Crippen LogP contribution in [0.4, 0.5) is 20.4 Å². The van der Waals surface area contributed by atoms with Gasteiger partial charge in [-0.3, -0.25) is 4.68 Å². The van der Waals surface area contributed by atoms with E-state index in [1.54, 1.807) is 6.20 Å². The Kier molecular flexibility index (Phi) is 4.27. The average molecular weight is 371 g/mol. The quantitative estimate of drug-likeness (QED) is 0.692. The van der Waals surface area contributed by atoms with E-state index in [-0.39, 0.29) is 22.8 Å². The van der Waals surface area contributed by atoms with Crippen LogP contribution < -0.4 is 5.32 Å². The minimum Gasteiger partial charge on any atom is -0.465 e. The van der Waals surface area contributed by atoms with Gasteiger partial charge in [-0.05, 0) is 25.0 Å². The largest absolute Gasteiger partial charge is 0.465 e. The molecule has 0 aliphatic heterocycles. The van der Waals surface area contributed by atoms with Gasteiger partial charge in [-0.2, -0.15) is 5.10 Å². The number of aromatic nitrogens is 4. The third kappa shape index (κ3) is 3.35. The van der Waals surface area contributed by atoms with Crippen molar-refractivity contribution >= 4 is 17.6 Å². The number of halogens is 2. The first-order valence-corrected chi connectivity index (χ1v) is 8.27. The highest BCUT2D eigenvalue weighted by atomic mass is 19.1. The highest BCUT2D eigenvalue weighted by Gasteiger charge is 2.24. The molecular weight excluding hydrogens is 356 g/mol. The molecule has 1 aliphatic carbocycles. The Balaban J connectivity index is 1.67. The fourth-order valence-electron chi connectivity index (χ4n) is 2.67. The van der Waals surface area contributed by atoms with Crippen molar-refractivity contribution in [2.24, 2.45) is 0 Å². The number of hydrogen-bond acceptors (Lipinski definition) is 6. The van der Waals surface area contributed by atoms with Gasteiger partial charge in [0.2, 0.25) is 5.95 Å². The Morgan fingerprint density at radius 1 is 1.30 bits per heavy atom. The van der Waals surface area contributed by atoms with E-state index in [1.165, 1.54) is 18.2 Å². The summed E-state index contributed by atoms with van der Waals surface area (Å²) in [6, 6.07) is 4.44. The van der Waals surface area contributed by atoms with Crippen LogP contribution in [0.2, 0.25) is 0 Å². The van der Waals surface area contributed by atoms with Crippen molar-refractivity contribution in [3.05, 3.63) is 54.0 Å². The lowest BCUT2D eigenvalue weighted by Gasteiger charge is -2.09. The smallest absolute Gasteiger partial charge is 0.340 e. The van der Waals surface area contributed by atoms with E-state index in [9.17, 15) is 13.6 Å². The van der Waals surface area contributed by atoms with E-state index in [1.807, 2.05) is 10.9 Å². The lowest BCUT2D eigenvalue weighted by molar-refractivity contribution is 0.0595. The topological polar surface area (TPSA) is 81.9 Å². The van der Waals surface area contributed by atoms with Crippen molar-refractivity contribution in [3.63, 3.8) is 0 Å². The molecule has 27 heavy (non-hydrogen) atoms. The van der Waals surface area contributed by atoms with Gasteiger partial charge >= 0.3 is 5.97 Å². The molecule has 1 fully saturated rings. The van der Waals surface area contributed by atoms with Gasteiger partial charge in [0.05, 0.1) is 36.8 Å². The molecule has 9 heteroatoms. The summed E-state index contributed by atoms with van der Waals surface area (Å²) in [5, 5.41) is 7.17. The summed E-state index contributed by atoms with van der Waals surface area (Å²) in [5.74, 6) is -2.48. The zero-order chi connectivity index (χ0) is 19.0. The molecule has 138 valence electrons. The molecule has 2 heterocycles.